The Morgan fingerprint density at radius 3 is 2.50 bits per heavy atom. The average molecular weight is 263 g/mol. The van der Waals surface area contributed by atoms with Crippen molar-refractivity contribution < 1.29 is 8.78 Å². The standard InChI is InChI=1S/C9H9BrF2N2/c10-6-1-7(3-13-2-6)14-4-8(11)9(12)5-14/h1-3,8-9H,4-5H2/t8-,9-/m1/s1. The molecule has 0 radical (unpaired) electrons. The molecule has 0 amide bonds. The van der Waals surface area contributed by atoms with Crippen LogP contribution in [0.3, 0.4) is 0 Å². The summed E-state index contributed by atoms with van der Waals surface area (Å²) in [5.41, 5.74) is 0.752. The Kier molecular flexibility index (Phi) is 2.67. The second-order valence-electron chi connectivity index (χ2n) is 3.30. The van der Waals surface area contributed by atoms with E-state index >= 15 is 0 Å². The minimum atomic E-state index is -1.38. The summed E-state index contributed by atoms with van der Waals surface area (Å²) in [7, 11) is 0. The molecule has 1 aromatic rings. The van der Waals surface area contributed by atoms with Crippen molar-refractivity contribution >= 4 is 21.6 Å². The normalized spacial score (nSPS) is 26.9. The number of anilines is 1. The molecule has 0 bridgehead atoms. The Labute approximate surface area is 89.1 Å². The molecule has 0 saturated carbocycles. The van der Waals surface area contributed by atoms with Gasteiger partial charge in [-0.3, -0.25) is 4.98 Å². The number of nitrogens with zero attached hydrogens (tertiary/aromatic N) is 2. The van der Waals surface area contributed by atoms with Crippen molar-refractivity contribution in [3.63, 3.8) is 0 Å². The summed E-state index contributed by atoms with van der Waals surface area (Å²) in [5.74, 6) is 0. The lowest BCUT2D eigenvalue weighted by Crippen LogP contribution is -2.20. The molecule has 1 saturated heterocycles. The fourth-order valence-electron chi connectivity index (χ4n) is 1.51. The van der Waals surface area contributed by atoms with E-state index in [4.69, 9.17) is 0 Å². The molecule has 76 valence electrons. The van der Waals surface area contributed by atoms with Gasteiger partial charge in [-0.05, 0) is 22.0 Å². The highest BCUT2D eigenvalue weighted by Crippen LogP contribution is 2.25. The Hall–Kier alpha value is -0.710. The first-order valence-corrected chi connectivity index (χ1v) is 5.10. The van der Waals surface area contributed by atoms with E-state index in [9.17, 15) is 8.78 Å². The molecule has 2 heterocycles. The van der Waals surface area contributed by atoms with Gasteiger partial charge in [0.05, 0.1) is 25.0 Å². The van der Waals surface area contributed by atoms with E-state index in [1.165, 1.54) is 0 Å². The highest BCUT2D eigenvalue weighted by molar-refractivity contribution is 9.10. The third-order valence-corrected chi connectivity index (χ3v) is 2.67. The third-order valence-electron chi connectivity index (χ3n) is 2.24. The number of halogens is 3. The fraction of sp³-hybridized carbons (Fsp3) is 0.444. The van der Waals surface area contributed by atoms with Crippen LogP contribution in [0.2, 0.25) is 0 Å². The van der Waals surface area contributed by atoms with Crippen LogP contribution in [0.1, 0.15) is 0 Å². The largest absolute Gasteiger partial charge is 0.364 e. The lowest BCUT2D eigenvalue weighted by atomic mass is 10.3. The van der Waals surface area contributed by atoms with Gasteiger partial charge in [-0.1, -0.05) is 0 Å². The summed E-state index contributed by atoms with van der Waals surface area (Å²) in [6.07, 6.45) is 0.484. The summed E-state index contributed by atoms with van der Waals surface area (Å²) in [6, 6.07) is 1.80. The van der Waals surface area contributed by atoms with Crippen molar-refractivity contribution in [2.45, 2.75) is 12.3 Å². The molecule has 2 atom stereocenters. The highest BCUT2D eigenvalue weighted by atomic mass is 79.9. The van der Waals surface area contributed by atoms with E-state index in [-0.39, 0.29) is 13.1 Å². The predicted octanol–water partition coefficient (Wildman–Crippen LogP) is 2.34. The minimum Gasteiger partial charge on any atom is -0.364 e. The summed E-state index contributed by atoms with van der Waals surface area (Å²) in [6.45, 7) is 0.221. The van der Waals surface area contributed by atoms with Crippen LogP contribution >= 0.6 is 15.9 Å². The number of alkyl halides is 2. The molecule has 1 aromatic heterocycles. The number of aromatic nitrogens is 1. The fourth-order valence-corrected chi connectivity index (χ4v) is 1.86. The molecule has 0 aliphatic carbocycles. The maximum Gasteiger partial charge on any atom is 0.150 e. The summed E-state index contributed by atoms with van der Waals surface area (Å²) in [5, 5.41) is 0. The molecule has 1 aliphatic heterocycles. The zero-order valence-electron chi connectivity index (χ0n) is 7.33. The molecule has 14 heavy (non-hydrogen) atoms. The van der Waals surface area contributed by atoms with Gasteiger partial charge in [-0.2, -0.15) is 0 Å². The van der Waals surface area contributed by atoms with Crippen molar-refractivity contribution in [1.29, 1.82) is 0 Å². The first-order chi connectivity index (χ1) is 6.66. The lowest BCUT2D eigenvalue weighted by molar-refractivity contribution is 0.217. The van der Waals surface area contributed by atoms with E-state index < -0.39 is 12.3 Å². The van der Waals surface area contributed by atoms with Gasteiger partial charge < -0.3 is 4.90 Å². The first-order valence-electron chi connectivity index (χ1n) is 4.30. The van der Waals surface area contributed by atoms with Crippen molar-refractivity contribution in [2.24, 2.45) is 0 Å². The Morgan fingerprint density at radius 2 is 1.93 bits per heavy atom. The van der Waals surface area contributed by atoms with Gasteiger partial charge in [-0.15, -0.1) is 0 Å². The molecule has 0 spiro atoms. The first kappa shape index (κ1) is 9.83. The van der Waals surface area contributed by atoms with Crippen LogP contribution in [-0.4, -0.2) is 30.4 Å². The average Bonchev–Trinajstić information content (AvgIpc) is 2.47. The SMILES string of the molecule is F[C@@H]1CN(c2cncc(Br)c2)C[C@H]1F. The van der Waals surface area contributed by atoms with Crippen molar-refractivity contribution in [3.8, 4) is 0 Å². The number of hydrogen-bond acceptors (Lipinski definition) is 2. The van der Waals surface area contributed by atoms with Gasteiger partial charge in [0.25, 0.3) is 0 Å². The second-order valence-corrected chi connectivity index (χ2v) is 4.21. The van der Waals surface area contributed by atoms with Crippen LogP contribution in [0.4, 0.5) is 14.5 Å². The highest BCUT2D eigenvalue weighted by Gasteiger charge is 2.32. The monoisotopic (exact) mass is 262 g/mol. The topological polar surface area (TPSA) is 16.1 Å². The van der Waals surface area contributed by atoms with Crippen molar-refractivity contribution in [3.05, 3.63) is 22.9 Å². The van der Waals surface area contributed by atoms with Gasteiger partial charge in [0, 0.05) is 10.7 Å². The predicted molar refractivity (Wildman–Crippen MR) is 53.9 cm³/mol. The van der Waals surface area contributed by atoms with Gasteiger partial charge >= 0.3 is 0 Å². The van der Waals surface area contributed by atoms with E-state index in [1.54, 1.807) is 23.4 Å². The molecule has 0 unspecified atom stereocenters. The summed E-state index contributed by atoms with van der Waals surface area (Å²) in [4.78, 5) is 5.61. The number of pyridine rings is 1. The van der Waals surface area contributed by atoms with Gasteiger partial charge in [-0.25, -0.2) is 8.78 Å². The molecular weight excluding hydrogens is 254 g/mol. The van der Waals surface area contributed by atoms with E-state index in [0.717, 1.165) is 10.2 Å². The lowest BCUT2D eigenvalue weighted by Gasteiger charge is -2.16. The Morgan fingerprint density at radius 1 is 1.29 bits per heavy atom. The molecule has 0 N–H and O–H groups in total. The maximum atomic E-state index is 12.9. The second kappa shape index (κ2) is 3.81. The smallest absolute Gasteiger partial charge is 0.150 e. The molecule has 2 nitrogen and oxygen atoms in total. The third kappa shape index (κ3) is 1.87. The molecule has 5 heteroatoms. The molecular formula is C9H9BrF2N2. The van der Waals surface area contributed by atoms with Crippen LogP contribution in [0.15, 0.2) is 22.9 Å². The molecule has 1 aliphatic rings. The van der Waals surface area contributed by atoms with Gasteiger partial charge in [0.2, 0.25) is 0 Å². The van der Waals surface area contributed by atoms with Crippen LogP contribution in [0, 0.1) is 0 Å². The van der Waals surface area contributed by atoms with E-state index in [0.29, 0.717) is 0 Å². The summed E-state index contributed by atoms with van der Waals surface area (Å²) < 4.78 is 26.6. The maximum absolute atomic E-state index is 12.9. The van der Waals surface area contributed by atoms with E-state index in [2.05, 4.69) is 20.9 Å². The number of hydrogen-bond donors (Lipinski definition) is 0. The van der Waals surface area contributed by atoms with Crippen LogP contribution in [0.25, 0.3) is 0 Å². The minimum absolute atomic E-state index is 0.110. The number of rotatable bonds is 1. The Bertz CT molecular complexity index is 324. The van der Waals surface area contributed by atoms with Crippen LogP contribution in [0.5, 0.6) is 0 Å². The van der Waals surface area contributed by atoms with Crippen molar-refractivity contribution in [1.82, 2.24) is 4.98 Å². The van der Waals surface area contributed by atoms with Gasteiger partial charge in [0.1, 0.15) is 0 Å². The molecule has 1 fully saturated rings. The molecule has 0 aromatic carbocycles. The van der Waals surface area contributed by atoms with E-state index in [1.807, 2.05) is 0 Å². The molecule has 2 rings (SSSR count). The zero-order chi connectivity index (χ0) is 10.1. The summed E-state index contributed by atoms with van der Waals surface area (Å²) >= 11 is 3.26. The van der Waals surface area contributed by atoms with Crippen LogP contribution < -0.4 is 4.90 Å². The zero-order valence-corrected chi connectivity index (χ0v) is 8.92. The quantitative estimate of drug-likeness (QED) is 0.773. The Balaban J connectivity index is 2.17. The van der Waals surface area contributed by atoms with Crippen LogP contribution in [-0.2, 0) is 0 Å². The van der Waals surface area contributed by atoms with Crippen molar-refractivity contribution in [2.75, 3.05) is 18.0 Å². The van der Waals surface area contributed by atoms with Gasteiger partial charge in [0.15, 0.2) is 12.3 Å².